The van der Waals surface area contributed by atoms with Crippen LogP contribution < -0.4 is 5.32 Å². The highest BCUT2D eigenvalue weighted by Crippen LogP contribution is 2.41. The molecule has 4 heterocycles. The van der Waals surface area contributed by atoms with Gasteiger partial charge in [0.1, 0.15) is 16.9 Å². The topological polar surface area (TPSA) is 133 Å². The summed E-state index contributed by atoms with van der Waals surface area (Å²) in [7, 11) is 1.91. The monoisotopic (exact) mass is 454 g/mol. The van der Waals surface area contributed by atoms with Crippen molar-refractivity contribution in [2.45, 2.75) is 18.8 Å². The number of carbonyl (C=O) groups excluding carboxylic acids is 2. The van der Waals surface area contributed by atoms with Crippen LogP contribution in [0.25, 0.3) is 33.5 Å². The molecule has 1 aliphatic carbocycles. The molecule has 6 rings (SSSR count). The van der Waals surface area contributed by atoms with Crippen molar-refractivity contribution in [3.8, 4) is 17.5 Å². The lowest BCUT2D eigenvalue weighted by molar-refractivity contribution is -0.135. The summed E-state index contributed by atoms with van der Waals surface area (Å²) in [6.45, 7) is 0.686. The van der Waals surface area contributed by atoms with Gasteiger partial charge in [-0.25, -0.2) is 9.97 Å². The third kappa shape index (κ3) is 3.37. The van der Waals surface area contributed by atoms with E-state index in [4.69, 9.17) is 10.2 Å². The summed E-state index contributed by atoms with van der Waals surface area (Å²) >= 11 is 0. The molecule has 0 unspecified atom stereocenters. The fourth-order valence-corrected chi connectivity index (χ4v) is 4.44. The minimum Gasteiger partial charge on any atom is -0.344 e. The van der Waals surface area contributed by atoms with Gasteiger partial charge in [-0.15, -0.1) is 0 Å². The molecule has 1 aromatic carbocycles. The molecule has 4 aromatic rings. The molecule has 1 saturated heterocycles. The van der Waals surface area contributed by atoms with Crippen LogP contribution >= 0.6 is 0 Å². The van der Waals surface area contributed by atoms with Gasteiger partial charge in [-0.05, 0) is 30.4 Å². The Labute approximate surface area is 194 Å². The van der Waals surface area contributed by atoms with Gasteiger partial charge in [0.25, 0.3) is 5.91 Å². The molecular formula is C24H22N8O2. The number of H-pyrrole nitrogens is 1. The normalized spacial score (nSPS) is 15.9. The van der Waals surface area contributed by atoms with E-state index in [0.717, 1.165) is 10.9 Å². The third-order valence-corrected chi connectivity index (χ3v) is 6.61. The fourth-order valence-electron chi connectivity index (χ4n) is 4.44. The molecular weight excluding hydrogens is 432 g/mol. The van der Waals surface area contributed by atoms with Crippen molar-refractivity contribution in [2.75, 3.05) is 19.6 Å². The number of aromatic amines is 1. The van der Waals surface area contributed by atoms with Gasteiger partial charge in [-0.1, -0.05) is 12.1 Å². The van der Waals surface area contributed by atoms with E-state index in [1.807, 2.05) is 11.7 Å². The molecule has 1 saturated carbocycles. The van der Waals surface area contributed by atoms with Crippen LogP contribution in [0.5, 0.6) is 0 Å². The average Bonchev–Trinajstić information content (AvgIpc) is 3.50. The Morgan fingerprint density at radius 1 is 1.29 bits per heavy atom. The predicted molar refractivity (Wildman–Crippen MR) is 124 cm³/mol. The van der Waals surface area contributed by atoms with E-state index in [1.54, 1.807) is 17.3 Å². The van der Waals surface area contributed by atoms with Crippen LogP contribution in [-0.4, -0.2) is 61.1 Å². The van der Waals surface area contributed by atoms with Crippen molar-refractivity contribution in [1.29, 1.82) is 5.26 Å². The highest BCUT2D eigenvalue weighted by molar-refractivity contribution is 6.06. The summed E-state index contributed by atoms with van der Waals surface area (Å²) in [5, 5.41) is 17.2. The van der Waals surface area contributed by atoms with Gasteiger partial charge in [0.2, 0.25) is 5.91 Å². The Balaban J connectivity index is 1.26. The molecule has 10 heteroatoms. The molecule has 3 aromatic heterocycles. The quantitative estimate of drug-likeness (QED) is 0.475. The van der Waals surface area contributed by atoms with E-state index in [1.165, 1.54) is 18.4 Å². The van der Waals surface area contributed by atoms with Crippen LogP contribution in [0.4, 0.5) is 0 Å². The first-order valence-electron chi connectivity index (χ1n) is 11.3. The number of fused-ring (bicyclic) bond motifs is 2. The molecule has 2 fully saturated rings. The van der Waals surface area contributed by atoms with E-state index < -0.39 is 5.91 Å². The average molecular weight is 454 g/mol. The molecule has 0 radical (unpaired) electrons. The van der Waals surface area contributed by atoms with Crippen molar-refractivity contribution < 1.29 is 9.59 Å². The number of aryl methyl sites for hydroxylation is 1. The van der Waals surface area contributed by atoms with Gasteiger partial charge in [-0.3, -0.25) is 14.3 Å². The zero-order valence-corrected chi connectivity index (χ0v) is 18.6. The van der Waals surface area contributed by atoms with Crippen molar-refractivity contribution >= 4 is 33.9 Å². The largest absolute Gasteiger partial charge is 0.344 e. The molecule has 2 aliphatic rings. The lowest BCUT2D eigenvalue weighted by Gasteiger charge is -2.35. The van der Waals surface area contributed by atoms with Crippen LogP contribution in [0.2, 0.25) is 0 Å². The summed E-state index contributed by atoms with van der Waals surface area (Å²) in [4.78, 5) is 38.7. The first-order chi connectivity index (χ1) is 16.5. The predicted octanol–water partition coefficient (Wildman–Crippen LogP) is 2.10. The molecule has 2 N–H and O–H groups in total. The van der Waals surface area contributed by atoms with E-state index in [0.29, 0.717) is 47.1 Å². The number of rotatable bonds is 5. The molecule has 34 heavy (non-hydrogen) atoms. The van der Waals surface area contributed by atoms with Crippen LogP contribution in [0.15, 0.2) is 30.6 Å². The third-order valence-electron chi connectivity index (χ3n) is 6.61. The molecule has 0 bridgehead atoms. The van der Waals surface area contributed by atoms with E-state index in [9.17, 15) is 9.59 Å². The maximum Gasteiger partial charge on any atom is 0.255 e. The minimum atomic E-state index is -0.414. The lowest BCUT2D eigenvalue weighted by Crippen LogP contribution is -2.52. The van der Waals surface area contributed by atoms with Gasteiger partial charge >= 0.3 is 0 Å². The van der Waals surface area contributed by atoms with E-state index in [-0.39, 0.29) is 18.4 Å². The number of carbonyl (C=O) groups is 2. The van der Waals surface area contributed by atoms with Crippen molar-refractivity contribution in [1.82, 2.24) is 34.9 Å². The van der Waals surface area contributed by atoms with Gasteiger partial charge in [-0.2, -0.15) is 10.4 Å². The number of nitriles is 1. The number of aromatic nitrogens is 5. The Morgan fingerprint density at radius 2 is 2.12 bits per heavy atom. The molecule has 1 aliphatic heterocycles. The Hall–Kier alpha value is -4.26. The zero-order valence-electron chi connectivity index (χ0n) is 18.6. The highest BCUT2D eigenvalue weighted by Gasteiger charge is 2.30. The van der Waals surface area contributed by atoms with E-state index in [2.05, 4.69) is 44.7 Å². The second-order valence-electron chi connectivity index (χ2n) is 8.99. The van der Waals surface area contributed by atoms with Gasteiger partial charge in [0.15, 0.2) is 5.65 Å². The molecule has 0 spiro atoms. The minimum absolute atomic E-state index is 0.120. The van der Waals surface area contributed by atoms with Gasteiger partial charge in [0.05, 0.1) is 35.8 Å². The van der Waals surface area contributed by atoms with Crippen molar-refractivity contribution in [3.05, 3.63) is 41.7 Å². The number of likely N-dealkylation sites (tertiary alicyclic amines) is 1. The SMILES string of the molecule is Cn1nc(-c2cnc3[nH]cc(C(=O)NCC(=O)N4CC(C#N)C4)c3n2)c2ccc(C3CC3)cc21. The summed E-state index contributed by atoms with van der Waals surface area (Å²) in [6, 6.07) is 8.56. The maximum absolute atomic E-state index is 12.8. The smallest absolute Gasteiger partial charge is 0.255 e. The molecule has 2 amide bonds. The first kappa shape index (κ1) is 20.4. The van der Waals surface area contributed by atoms with Crippen molar-refractivity contribution in [2.24, 2.45) is 13.0 Å². The number of benzene rings is 1. The zero-order chi connectivity index (χ0) is 23.4. The van der Waals surface area contributed by atoms with Crippen molar-refractivity contribution in [3.63, 3.8) is 0 Å². The molecule has 10 nitrogen and oxygen atoms in total. The Morgan fingerprint density at radius 3 is 2.88 bits per heavy atom. The number of nitrogens with zero attached hydrogens (tertiary/aromatic N) is 6. The first-order valence-corrected chi connectivity index (χ1v) is 11.3. The summed E-state index contributed by atoms with van der Waals surface area (Å²) < 4.78 is 1.85. The van der Waals surface area contributed by atoms with Gasteiger partial charge < -0.3 is 15.2 Å². The standard InChI is InChI=1S/C24H22N8O2/c1-31-19-6-15(14-2-3-14)4-5-16(19)21(30-31)18-9-27-23-22(29-18)17(8-26-23)24(34)28-10-20(33)32-11-13(7-25)12-32/h4-6,8-9,13-14H,2-3,10-12H2,1H3,(H,26,27)(H,28,34). The van der Waals surface area contributed by atoms with Crippen LogP contribution in [-0.2, 0) is 11.8 Å². The van der Waals surface area contributed by atoms with Gasteiger partial charge in [0, 0.05) is 31.7 Å². The number of amides is 2. The molecule has 0 atom stereocenters. The number of hydrogen-bond donors (Lipinski definition) is 2. The van der Waals surface area contributed by atoms with Crippen LogP contribution in [0.3, 0.4) is 0 Å². The summed E-state index contributed by atoms with van der Waals surface area (Å²) in [6.07, 6.45) is 5.67. The molecule has 170 valence electrons. The Bertz CT molecular complexity index is 1500. The highest BCUT2D eigenvalue weighted by atomic mass is 16.2. The summed E-state index contributed by atoms with van der Waals surface area (Å²) in [5.41, 5.74) is 4.87. The maximum atomic E-state index is 12.8. The fraction of sp³-hybridized carbons (Fsp3) is 0.333. The van der Waals surface area contributed by atoms with Crippen LogP contribution in [0.1, 0.15) is 34.7 Å². The second-order valence-corrected chi connectivity index (χ2v) is 8.99. The van der Waals surface area contributed by atoms with Crippen LogP contribution in [0, 0.1) is 17.2 Å². The Kier molecular flexibility index (Phi) is 4.58. The second kappa shape index (κ2) is 7.66. The lowest BCUT2D eigenvalue weighted by atomic mass is 10.0. The summed E-state index contributed by atoms with van der Waals surface area (Å²) in [5.74, 6) is -0.0918. The van der Waals surface area contributed by atoms with E-state index >= 15 is 0 Å². The number of hydrogen-bond acceptors (Lipinski definition) is 6. The number of nitrogens with one attached hydrogen (secondary N) is 2.